The Hall–Kier alpha value is -1.63. The second-order valence-corrected chi connectivity index (χ2v) is 5.77. The highest BCUT2D eigenvalue weighted by molar-refractivity contribution is 6.34. The lowest BCUT2D eigenvalue weighted by atomic mass is 10.2. The third-order valence-electron chi connectivity index (χ3n) is 3.37. The first kappa shape index (κ1) is 15.3. The van der Waals surface area contributed by atoms with Crippen LogP contribution in [0.4, 0.5) is 5.69 Å². The van der Waals surface area contributed by atoms with Crippen LogP contribution in [-0.4, -0.2) is 27.3 Å². The van der Waals surface area contributed by atoms with Crippen LogP contribution >= 0.6 is 23.2 Å². The fraction of sp³-hybridized carbons (Fsp3) is 0.357. The zero-order chi connectivity index (χ0) is 15.5. The number of pyridine rings is 1. The molecule has 3 heterocycles. The van der Waals surface area contributed by atoms with Crippen molar-refractivity contribution in [2.24, 2.45) is 0 Å². The van der Waals surface area contributed by atoms with Crippen molar-refractivity contribution in [2.75, 3.05) is 11.9 Å². The second kappa shape index (κ2) is 6.64. The van der Waals surface area contributed by atoms with Crippen molar-refractivity contribution in [3.8, 4) is 0 Å². The molecule has 1 N–H and O–H groups in total. The maximum atomic E-state index is 12.2. The maximum absolute atomic E-state index is 12.2. The maximum Gasteiger partial charge on any atom is 0.258 e. The topological polar surface area (TPSA) is 69.0 Å². The molecule has 2 aromatic heterocycles. The molecule has 1 atom stereocenters. The number of halogens is 2. The zero-order valence-electron chi connectivity index (χ0n) is 11.6. The molecule has 1 saturated heterocycles. The summed E-state index contributed by atoms with van der Waals surface area (Å²) in [5.41, 5.74) is 0.783. The van der Waals surface area contributed by atoms with Crippen LogP contribution in [0.15, 0.2) is 24.7 Å². The van der Waals surface area contributed by atoms with Crippen molar-refractivity contribution >= 4 is 34.8 Å². The van der Waals surface area contributed by atoms with Crippen LogP contribution in [0, 0.1) is 0 Å². The van der Waals surface area contributed by atoms with Gasteiger partial charge in [0.05, 0.1) is 22.5 Å². The molecule has 0 aliphatic carbocycles. The van der Waals surface area contributed by atoms with Gasteiger partial charge in [0.25, 0.3) is 5.91 Å². The molecule has 0 spiro atoms. The van der Waals surface area contributed by atoms with Crippen molar-refractivity contribution < 1.29 is 9.53 Å². The zero-order valence-corrected chi connectivity index (χ0v) is 13.1. The molecule has 6 nitrogen and oxygen atoms in total. The first-order chi connectivity index (χ1) is 10.6. The van der Waals surface area contributed by atoms with E-state index in [0.717, 1.165) is 25.9 Å². The van der Waals surface area contributed by atoms with Crippen molar-refractivity contribution in [3.05, 3.63) is 40.4 Å². The summed E-state index contributed by atoms with van der Waals surface area (Å²) in [6.45, 7) is 0.718. The van der Waals surface area contributed by atoms with Crippen LogP contribution < -0.4 is 5.32 Å². The number of carbonyl (C=O) groups excluding carboxylic acids is 1. The van der Waals surface area contributed by atoms with Crippen LogP contribution in [0.5, 0.6) is 0 Å². The van der Waals surface area contributed by atoms with E-state index in [1.165, 1.54) is 12.4 Å². The van der Waals surface area contributed by atoms with Crippen molar-refractivity contribution in [1.82, 2.24) is 14.8 Å². The normalized spacial score (nSPS) is 18.2. The SMILES string of the molecule is O=C(Nc1cc(Cl)cnc1Cl)c1cnn(C2CCCCO2)c1. The smallest absolute Gasteiger partial charge is 0.258 e. The van der Waals surface area contributed by atoms with Gasteiger partial charge in [-0.1, -0.05) is 23.2 Å². The van der Waals surface area contributed by atoms with E-state index in [9.17, 15) is 4.79 Å². The molecule has 3 rings (SSSR count). The molecule has 8 heteroatoms. The standard InChI is InChI=1S/C14H14Cl2N4O2/c15-10-5-11(13(16)17-7-10)19-14(21)9-6-18-20(8-9)12-3-1-2-4-22-12/h5-8,12H,1-4H2,(H,19,21). The Morgan fingerprint density at radius 3 is 3.00 bits per heavy atom. The molecule has 0 bridgehead atoms. The predicted octanol–water partition coefficient (Wildman–Crippen LogP) is 3.54. The summed E-state index contributed by atoms with van der Waals surface area (Å²) >= 11 is 11.8. The Balaban J connectivity index is 1.72. The molecular weight excluding hydrogens is 327 g/mol. The summed E-state index contributed by atoms with van der Waals surface area (Å²) in [7, 11) is 0. The van der Waals surface area contributed by atoms with Crippen molar-refractivity contribution in [3.63, 3.8) is 0 Å². The Morgan fingerprint density at radius 2 is 2.23 bits per heavy atom. The summed E-state index contributed by atoms with van der Waals surface area (Å²) in [6.07, 6.45) is 7.52. The molecule has 1 amide bonds. The number of rotatable bonds is 3. The average Bonchev–Trinajstić information content (AvgIpc) is 3.02. The monoisotopic (exact) mass is 340 g/mol. The minimum atomic E-state index is -0.326. The van der Waals surface area contributed by atoms with Crippen LogP contribution in [0.1, 0.15) is 35.8 Å². The van der Waals surface area contributed by atoms with Gasteiger partial charge in [0.2, 0.25) is 0 Å². The van der Waals surface area contributed by atoms with E-state index >= 15 is 0 Å². The Labute approximate surface area is 137 Å². The minimum Gasteiger partial charge on any atom is -0.357 e. The van der Waals surface area contributed by atoms with Crippen molar-refractivity contribution in [2.45, 2.75) is 25.5 Å². The van der Waals surface area contributed by atoms with Crippen LogP contribution in [0.2, 0.25) is 10.2 Å². The van der Waals surface area contributed by atoms with Crippen LogP contribution in [0.25, 0.3) is 0 Å². The fourth-order valence-electron chi connectivity index (χ4n) is 2.25. The average molecular weight is 341 g/mol. The number of aromatic nitrogens is 3. The number of hydrogen-bond donors (Lipinski definition) is 1. The van der Waals surface area contributed by atoms with Gasteiger partial charge in [-0.2, -0.15) is 5.10 Å². The number of hydrogen-bond acceptors (Lipinski definition) is 4. The van der Waals surface area contributed by atoms with E-state index in [1.807, 2.05) is 0 Å². The van der Waals surface area contributed by atoms with E-state index in [1.54, 1.807) is 16.9 Å². The molecule has 1 fully saturated rings. The van der Waals surface area contributed by atoms with Gasteiger partial charge in [0.1, 0.15) is 6.23 Å². The molecule has 1 aliphatic rings. The number of nitrogens with zero attached hydrogens (tertiary/aromatic N) is 3. The first-order valence-corrected chi connectivity index (χ1v) is 7.67. The third-order valence-corrected chi connectivity index (χ3v) is 3.88. The third kappa shape index (κ3) is 3.40. The highest BCUT2D eigenvalue weighted by atomic mass is 35.5. The molecule has 0 radical (unpaired) electrons. The molecule has 2 aromatic rings. The summed E-state index contributed by atoms with van der Waals surface area (Å²) in [4.78, 5) is 16.1. The van der Waals surface area contributed by atoms with Gasteiger partial charge in [-0.15, -0.1) is 0 Å². The van der Waals surface area contributed by atoms with Gasteiger partial charge in [-0.3, -0.25) is 4.79 Å². The Bertz CT molecular complexity index is 683. The molecule has 22 heavy (non-hydrogen) atoms. The summed E-state index contributed by atoms with van der Waals surface area (Å²) in [6, 6.07) is 1.55. The van der Waals surface area contributed by atoms with Gasteiger partial charge in [-0.25, -0.2) is 9.67 Å². The highest BCUT2D eigenvalue weighted by Crippen LogP contribution is 2.24. The fourth-order valence-corrected chi connectivity index (χ4v) is 2.56. The van der Waals surface area contributed by atoms with E-state index in [2.05, 4.69) is 15.4 Å². The quantitative estimate of drug-likeness (QED) is 0.867. The molecule has 1 unspecified atom stereocenters. The van der Waals surface area contributed by atoms with E-state index in [0.29, 0.717) is 16.3 Å². The van der Waals surface area contributed by atoms with Crippen LogP contribution in [0.3, 0.4) is 0 Å². The largest absolute Gasteiger partial charge is 0.357 e. The molecule has 116 valence electrons. The predicted molar refractivity (Wildman–Crippen MR) is 83.3 cm³/mol. The summed E-state index contributed by atoms with van der Waals surface area (Å²) < 4.78 is 7.30. The van der Waals surface area contributed by atoms with Gasteiger partial charge < -0.3 is 10.1 Å². The summed E-state index contributed by atoms with van der Waals surface area (Å²) in [5, 5.41) is 7.45. The van der Waals surface area contributed by atoms with E-state index < -0.39 is 0 Å². The lowest BCUT2D eigenvalue weighted by Crippen LogP contribution is -2.18. The Morgan fingerprint density at radius 1 is 1.36 bits per heavy atom. The van der Waals surface area contributed by atoms with Gasteiger partial charge in [-0.05, 0) is 25.3 Å². The number of ether oxygens (including phenoxy) is 1. The van der Waals surface area contributed by atoms with Crippen molar-refractivity contribution in [1.29, 1.82) is 0 Å². The highest BCUT2D eigenvalue weighted by Gasteiger charge is 2.18. The van der Waals surface area contributed by atoms with Crippen LogP contribution in [-0.2, 0) is 4.74 Å². The van der Waals surface area contributed by atoms with Gasteiger partial charge in [0, 0.05) is 19.0 Å². The summed E-state index contributed by atoms with van der Waals surface area (Å²) in [5.74, 6) is -0.326. The minimum absolute atomic E-state index is 0.105. The van der Waals surface area contributed by atoms with E-state index in [-0.39, 0.29) is 17.3 Å². The number of anilines is 1. The number of nitrogens with one attached hydrogen (secondary N) is 1. The number of carbonyl (C=O) groups is 1. The molecule has 1 aliphatic heterocycles. The Kier molecular flexibility index (Phi) is 4.61. The first-order valence-electron chi connectivity index (χ1n) is 6.91. The number of amides is 1. The lowest BCUT2D eigenvalue weighted by molar-refractivity contribution is -0.0395. The molecular formula is C14H14Cl2N4O2. The molecule has 0 aromatic carbocycles. The second-order valence-electron chi connectivity index (χ2n) is 4.98. The van der Waals surface area contributed by atoms with Gasteiger partial charge in [0.15, 0.2) is 5.15 Å². The lowest BCUT2D eigenvalue weighted by Gasteiger charge is -2.22. The van der Waals surface area contributed by atoms with E-state index in [4.69, 9.17) is 27.9 Å². The molecule has 0 saturated carbocycles. The van der Waals surface area contributed by atoms with Gasteiger partial charge >= 0.3 is 0 Å².